The van der Waals surface area contributed by atoms with Gasteiger partial charge in [-0.3, -0.25) is 14.9 Å². The molecule has 0 fully saturated rings. The Morgan fingerprint density at radius 3 is 3.00 bits per heavy atom. The quantitative estimate of drug-likeness (QED) is 0.719. The summed E-state index contributed by atoms with van der Waals surface area (Å²) in [5, 5.41) is 14.1. The van der Waals surface area contributed by atoms with E-state index >= 15 is 0 Å². The van der Waals surface area contributed by atoms with Gasteiger partial charge in [0.25, 0.3) is 5.91 Å². The van der Waals surface area contributed by atoms with Crippen LogP contribution in [-0.4, -0.2) is 30.9 Å². The van der Waals surface area contributed by atoms with Crippen molar-refractivity contribution in [1.29, 1.82) is 0 Å². The van der Waals surface area contributed by atoms with Crippen LogP contribution in [0.5, 0.6) is 11.6 Å². The second-order valence-corrected chi connectivity index (χ2v) is 5.66. The van der Waals surface area contributed by atoms with E-state index in [0.717, 1.165) is 18.5 Å². The zero-order valence-corrected chi connectivity index (χ0v) is 14.4. The van der Waals surface area contributed by atoms with Crippen molar-refractivity contribution >= 4 is 11.6 Å². The smallest absolute Gasteiger partial charge is 0.276 e. The highest BCUT2D eigenvalue weighted by molar-refractivity contribution is 6.04. The Kier molecular flexibility index (Phi) is 4.78. The molecule has 0 aliphatic rings. The van der Waals surface area contributed by atoms with Crippen LogP contribution in [0, 0.1) is 6.92 Å². The number of ether oxygens (including phenoxy) is 1. The SMILES string of the molecule is CCCc1cc(C(=O)Nc2c(C)nn(C)c2Oc2cccnc2)n[nH]1. The summed E-state index contributed by atoms with van der Waals surface area (Å²) in [7, 11) is 1.75. The Bertz CT molecular complexity index is 869. The van der Waals surface area contributed by atoms with Crippen LogP contribution >= 0.6 is 0 Å². The van der Waals surface area contributed by atoms with Crippen LogP contribution in [0.2, 0.25) is 0 Å². The van der Waals surface area contributed by atoms with Gasteiger partial charge in [-0.15, -0.1) is 0 Å². The number of H-pyrrole nitrogens is 1. The van der Waals surface area contributed by atoms with Crippen molar-refractivity contribution in [1.82, 2.24) is 25.0 Å². The maximum atomic E-state index is 12.5. The fraction of sp³-hybridized carbons (Fsp3) is 0.294. The van der Waals surface area contributed by atoms with E-state index in [2.05, 4.69) is 32.5 Å². The summed E-state index contributed by atoms with van der Waals surface area (Å²) in [6.45, 7) is 3.88. The molecule has 130 valence electrons. The average Bonchev–Trinajstić information content (AvgIpc) is 3.16. The third kappa shape index (κ3) is 3.68. The summed E-state index contributed by atoms with van der Waals surface area (Å²) in [4.78, 5) is 16.5. The lowest BCUT2D eigenvalue weighted by molar-refractivity contribution is 0.102. The van der Waals surface area contributed by atoms with Gasteiger partial charge in [-0.25, -0.2) is 4.68 Å². The Labute approximate surface area is 145 Å². The molecular weight excluding hydrogens is 320 g/mol. The molecule has 0 aliphatic carbocycles. The molecule has 0 bridgehead atoms. The number of anilines is 1. The summed E-state index contributed by atoms with van der Waals surface area (Å²) in [6.07, 6.45) is 5.09. The number of hydrogen-bond donors (Lipinski definition) is 2. The van der Waals surface area contributed by atoms with E-state index in [-0.39, 0.29) is 5.91 Å². The van der Waals surface area contributed by atoms with Crippen LogP contribution in [0.25, 0.3) is 0 Å². The van der Waals surface area contributed by atoms with Gasteiger partial charge < -0.3 is 10.1 Å². The van der Waals surface area contributed by atoms with E-state index in [9.17, 15) is 4.79 Å². The molecule has 0 unspecified atom stereocenters. The minimum absolute atomic E-state index is 0.314. The van der Waals surface area contributed by atoms with Crippen LogP contribution in [-0.2, 0) is 13.5 Å². The molecule has 3 aromatic heterocycles. The van der Waals surface area contributed by atoms with Crippen LogP contribution in [0.15, 0.2) is 30.6 Å². The maximum absolute atomic E-state index is 12.5. The molecule has 0 saturated carbocycles. The number of nitrogens with one attached hydrogen (secondary N) is 2. The third-order valence-electron chi connectivity index (χ3n) is 3.64. The highest BCUT2D eigenvalue weighted by Crippen LogP contribution is 2.31. The summed E-state index contributed by atoms with van der Waals surface area (Å²) in [5.74, 6) is 0.680. The van der Waals surface area contributed by atoms with E-state index in [1.54, 1.807) is 49.2 Å². The first-order valence-corrected chi connectivity index (χ1v) is 8.05. The molecule has 3 aromatic rings. The van der Waals surface area contributed by atoms with E-state index in [4.69, 9.17) is 4.74 Å². The number of pyridine rings is 1. The molecule has 8 nitrogen and oxygen atoms in total. The van der Waals surface area contributed by atoms with E-state index in [1.165, 1.54) is 0 Å². The summed E-state index contributed by atoms with van der Waals surface area (Å²) < 4.78 is 7.41. The summed E-state index contributed by atoms with van der Waals surface area (Å²) >= 11 is 0. The van der Waals surface area contributed by atoms with Crippen molar-refractivity contribution in [2.45, 2.75) is 26.7 Å². The average molecular weight is 340 g/mol. The number of aromatic amines is 1. The fourth-order valence-electron chi connectivity index (χ4n) is 2.47. The molecule has 0 aliphatic heterocycles. The van der Waals surface area contributed by atoms with Gasteiger partial charge >= 0.3 is 0 Å². The zero-order chi connectivity index (χ0) is 17.8. The molecule has 0 saturated heterocycles. The lowest BCUT2D eigenvalue weighted by Crippen LogP contribution is -2.13. The molecule has 25 heavy (non-hydrogen) atoms. The monoisotopic (exact) mass is 340 g/mol. The number of amides is 1. The van der Waals surface area contributed by atoms with Gasteiger partial charge in [-0.1, -0.05) is 13.3 Å². The summed E-state index contributed by atoms with van der Waals surface area (Å²) in [6, 6.07) is 5.31. The molecule has 0 radical (unpaired) electrons. The lowest BCUT2D eigenvalue weighted by Gasteiger charge is -2.09. The van der Waals surface area contributed by atoms with Crippen molar-refractivity contribution < 1.29 is 9.53 Å². The standard InChI is InChI=1S/C17H20N6O2/c1-4-6-12-9-14(21-20-12)16(24)19-15-11(2)22-23(3)17(15)25-13-7-5-8-18-10-13/h5,7-10H,4,6H2,1-3H3,(H,19,24)(H,20,21). The van der Waals surface area contributed by atoms with Crippen molar-refractivity contribution in [2.24, 2.45) is 7.05 Å². The maximum Gasteiger partial charge on any atom is 0.276 e. The number of hydrogen-bond acceptors (Lipinski definition) is 5. The zero-order valence-electron chi connectivity index (χ0n) is 14.4. The molecule has 0 atom stereocenters. The van der Waals surface area contributed by atoms with E-state index in [1.807, 2.05) is 0 Å². The first kappa shape index (κ1) is 16.7. The van der Waals surface area contributed by atoms with Crippen LogP contribution in [0.3, 0.4) is 0 Å². The van der Waals surface area contributed by atoms with Crippen molar-refractivity contribution in [3.05, 3.63) is 47.7 Å². The number of nitrogens with zero attached hydrogens (tertiary/aromatic N) is 4. The minimum atomic E-state index is -0.314. The summed E-state index contributed by atoms with van der Waals surface area (Å²) in [5.41, 5.74) is 2.43. The van der Waals surface area contributed by atoms with Gasteiger partial charge in [0.15, 0.2) is 5.69 Å². The Hall–Kier alpha value is -3.16. The topological polar surface area (TPSA) is 97.7 Å². The molecular formula is C17H20N6O2. The predicted molar refractivity (Wildman–Crippen MR) is 92.8 cm³/mol. The second kappa shape index (κ2) is 7.16. The molecule has 3 rings (SSSR count). The molecule has 1 amide bonds. The van der Waals surface area contributed by atoms with Gasteiger partial charge in [-0.05, 0) is 31.5 Å². The van der Waals surface area contributed by atoms with Gasteiger partial charge in [0.05, 0.1) is 11.9 Å². The highest BCUT2D eigenvalue weighted by atomic mass is 16.5. The molecule has 0 spiro atoms. The third-order valence-corrected chi connectivity index (χ3v) is 3.64. The minimum Gasteiger partial charge on any atom is -0.436 e. The van der Waals surface area contributed by atoms with Gasteiger partial charge in [0, 0.05) is 18.9 Å². The number of carbonyl (C=O) groups excluding carboxylic acids is 1. The first-order valence-electron chi connectivity index (χ1n) is 8.05. The predicted octanol–water partition coefficient (Wildman–Crippen LogP) is 2.84. The van der Waals surface area contributed by atoms with Gasteiger partial charge in [-0.2, -0.15) is 10.2 Å². The lowest BCUT2D eigenvalue weighted by atomic mass is 10.2. The number of carbonyl (C=O) groups is 1. The van der Waals surface area contributed by atoms with Crippen molar-refractivity contribution in [2.75, 3.05) is 5.32 Å². The Morgan fingerprint density at radius 2 is 2.28 bits per heavy atom. The fourth-order valence-corrected chi connectivity index (χ4v) is 2.47. The largest absolute Gasteiger partial charge is 0.436 e. The van der Waals surface area contributed by atoms with Crippen LogP contribution < -0.4 is 10.1 Å². The Morgan fingerprint density at radius 1 is 1.44 bits per heavy atom. The molecule has 2 N–H and O–H groups in total. The van der Waals surface area contributed by atoms with Gasteiger partial charge in [0.2, 0.25) is 5.88 Å². The van der Waals surface area contributed by atoms with Crippen molar-refractivity contribution in [3.63, 3.8) is 0 Å². The molecule has 0 aromatic carbocycles. The molecule has 8 heteroatoms. The number of aryl methyl sites for hydroxylation is 3. The number of aromatic nitrogens is 5. The van der Waals surface area contributed by atoms with Crippen LogP contribution in [0.4, 0.5) is 5.69 Å². The Balaban J connectivity index is 1.83. The highest BCUT2D eigenvalue weighted by Gasteiger charge is 2.20. The number of rotatable bonds is 6. The van der Waals surface area contributed by atoms with E-state index < -0.39 is 0 Å². The second-order valence-electron chi connectivity index (χ2n) is 5.66. The first-order chi connectivity index (χ1) is 12.1. The molecule has 3 heterocycles. The van der Waals surface area contributed by atoms with Crippen LogP contribution in [0.1, 0.15) is 35.2 Å². The van der Waals surface area contributed by atoms with Crippen molar-refractivity contribution in [3.8, 4) is 11.6 Å². The van der Waals surface area contributed by atoms with E-state index in [0.29, 0.717) is 28.7 Å². The normalized spacial score (nSPS) is 10.7. The van der Waals surface area contributed by atoms with Gasteiger partial charge in [0.1, 0.15) is 11.4 Å².